The van der Waals surface area contributed by atoms with Crippen LogP contribution in [0.3, 0.4) is 0 Å². The van der Waals surface area contributed by atoms with Gasteiger partial charge >= 0.3 is 6.03 Å². The van der Waals surface area contributed by atoms with E-state index in [4.69, 9.17) is 0 Å². The fraction of sp³-hybridized carbons (Fsp3) is 0.333. The largest absolute Gasteiger partial charge is 0.508 e. The van der Waals surface area contributed by atoms with Gasteiger partial charge in [0, 0.05) is 34.0 Å². The fourth-order valence-electron chi connectivity index (χ4n) is 5.14. The molecule has 0 bridgehead atoms. The van der Waals surface area contributed by atoms with Crippen molar-refractivity contribution in [1.82, 2.24) is 20.1 Å². The summed E-state index contributed by atoms with van der Waals surface area (Å²) in [6.07, 6.45) is 1.12. The van der Waals surface area contributed by atoms with Crippen LogP contribution < -0.4 is 5.32 Å². The number of nitrogens with zero attached hydrogens (tertiary/aromatic N) is 2. The molecule has 1 saturated heterocycles. The van der Waals surface area contributed by atoms with Gasteiger partial charge in [0.15, 0.2) is 0 Å². The van der Waals surface area contributed by atoms with Crippen molar-refractivity contribution < 1.29 is 14.7 Å². The fourth-order valence-corrected chi connectivity index (χ4v) is 5.50. The van der Waals surface area contributed by atoms with Crippen molar-refractivity contribution in [2.24, 2.45) is 0 Å². The van der Waals surface area contributed by atoms with Gasteiger partial charge in [-0.25, -0.2) is 4.79 Å². The molecule has 0 radical (unpaired) electrons. The number of phenols is 1. The normalized spacial score (nSPS) is 22.5. The minimum absolute atomic E-state index is 0.124. The van der Waals surface area contributed by atoms with E-state index in [1.165, 1.54) is 4.90 Å². The number of fused-ring (bicyclic) bond motifs is 4. The zero-order valence-electron chi connectivity index (χ0n) is 18.0. The predicted molar refractivity (Wildman–Crippen MR) is 126 cm³/mol. The zero-order valence-corrected chi connectivity index (χ0v) is 19.6. The molecule has 3 amide bonds. The molecule has 8 heteroatoms. The number of imide groups is 1. The first-order valence-electron chi connectivity index (χ1n) is 10.7. The number of rotatable bonds is 5. The summed E-state index contributed by atoms with van der Waals surface area (Å²) in [6.45, 7) is 2.96. The van der Waals surface area contributed by atoms with Gasteiger partial charge in [0.05, 0.1) is 0 Å². The number of amides is 3. The highest BCUT2D eigenvalue weighted by Crippen LogP contribution is 2.49. The van der Waals surface area contributed by atoms with E-state index < -0.39 is 11.6 Å². The zero-order chi connectivity index (χ0) is 22.6. The highest BCUT2D eigenvalue weighted by atomic mass is 79.9. The maximum absolute atomic E-state index is 13.6. The van der Waals surface area contributed by atoms with E-state index >= 15 is 0 Å². The van der Waals surface area contributed by atoms with Gasteiger partial charge in [-0.2, -0.15) is 0 Å². The van der Waals surface area contributed by atoms with E-state index in [1.54, 1.807) is 23.1 Å². The second-order valence-electron chi connectivity index (χ2n) is 8.72. The lowest BCUT2D eigenvalue weighted by Gasteiger charge is -2.42. The number of aromatic hydroxyl groups is 1. The molecule has 2 aromatic carbocycles. The van der Waals surface area contributed by atoms with E-state index in [0.717, 1.165) is 38.7 Å². The van der Waals surface area contributed by atoms with Gasteiger partial charge in [0.1, 0.15) is 17.3 Å². The topological polar surface area (TPSA) is 88.7 Å². The lowest BCUT2D eigenvalue weighted by atomic mass is 9.81. The molecule has 1 aromatic heterocycles. The van der Waals surface area contributed by atoms with Crippen LogP contribution in [0.1, 0.15) is 36.2 Å². The maximum Gasteiger partial charge on any atom is 0.328 e. The Morgan fingerprint density at radius 1 is 1.25 bits per heavy atom. The summed E-state index contributed by atoms with van der Waals surface area (Å²) in [6, 6.07) is 12.2. The van der Waals surface area contributed by atoms with Gasteiger partial charge in [-0.05, 0) is 68.4 Å². The molecule has 2 aliphatic rings. The molecule has 5 rings (SSSR count). The van der Waals surface area contributed by atoms with Crippen LogP contribution in [-0.4, -0.2) is 57.5 Å². The summed E-state index contributed by atoms with van der Waals surface area (Å²) in [5.74, 6) is -0.0437. The monoisotopic (exact) mass is 496 g/mol. The molecule has 3 aromatic rings. The van der Waals surface area contributed by atoms with Crippen LogP contribution in [0, 0.1) is 0 Å². The molecular formula is C24H25BrN4O3. The summed E-state index contributed by atoms with van der Waals surface area (Å²) in [7, 11) is 1.85. The molecule has 166 valence electrons. The van der Waals surface area contributed by atoms with Crippen molar-refractivity contribution in [3.05, 3.63) is 63.8 Å². The lowest BCUT2D eigenvalue weighted by molar-refractivity contribution is -0.133. The third-order valence-corrected chi connectivity index (χ3v) is 7.12. The van der Waals surface area contributed by atoms with Crippen LogP contribution in [-0.2, 0) is 11.2 Å². The SMILES string of the molecule is CNCCCN1C(=O)N2C(c3cccc(O)c3)c3[nH]c4ccc(Br)cc4c3C[C@@]2(C)C1=O. The Hall–Kier alpha value is -2.84. The Morgan fingerprint density at radius 2 is 2.06 bits per heavy atom. The molecule has 1 fully saturated rings. The standard InChI is InChI=1S/C24H25BrN4O3/c1-24-13-18-17-12-15(25)7-8-19(17)27-20(18)21(14-5-3-6-16(30)11-14)29(24)23(32)28(22(24)31)10-4-9-26-2/h3,5-8,11-12,21,26-27,30H,4,9-10,13H2,1-2H3/t21?,24-/m0/s1. The van der Waals surface area contributed by atoms with E-state index in [1.807, 2.05) is 32.2 Å². The van der Waals surface area contributed by atoms with E-state index in [9.17, 15) is 14.7 Å². The molecule has 3 heterocycles. The van der Waals surface area contributed by atoms with Crippen LogP contribution in [0.4, 0.5) is 4.79 Å². The number of urea groups is 1. The van der Waals surface area contributed by atoms with Crippen molar-refractivity contribution in [3.8, 4) is 5.75 Å². The molecular weight excluding hydrogens is 472 g/mol. The molecule has 2 aliphatic heterocycles. The van der Waals surface area contributed by atoms with E-state index in [2.05, 4.69) is 32.3 Å². The Bertz CT molecular complexity index is 1240. The van der Waals surface area contributed by atoms with Crippen molar-refractivity contribution in [2.75, 3.05) is 20.1 Å². The highest BCUT2D eigenvalue weighted by Gasteiger charge is 2.60. The number of carbonyl (C=O) groups is 2. The first-order valence-corrected chi connectivity index (χ1v) is 11.5. The van der Waals surface area contributed by atoms with Crippen molar-refractivity contribution in [3.63, 3.8) is 0 Å². The summed E-state index contributed by atoms with van der Waals surface area (Å²) < 4.78 is 0.954. The van der Waals surface area contributed by atoms with Gasteiger partial charge in [-0.3, -0.25) is 14.6 Å². The second kappa shape index (κ2) is 7.64. The molecule has 7 nitrogen and oxygen atoms in total. The number of aromatic amines is 1. The first kappa shape index (κ1) is 21.0. The third kappa shape index (κ3) is 3.04. The molecule has 0 saturated carbocycles. The van der Waals surface area contributed by atoms with Gasteiger partial charge in [0.2, 0.25) is 0 Å². The summed E-state index contributed by atoms with van der Waals surface area (Å²) in [4.78, 5) is 33.8. The van der Waals surface area contributed by atoms with Crippen LogP contribution in [0.15, 0.2) is 46.9 Å². The summed E-state index contributed by atoms with van der Waals surface area (Å²) in [5, 5.41) is 14.3. The molecule has 2 atom stereocenters. The number of carbonyl (C=O) groups excluding carboxylic acids is 2. The summed E-state index contributed by atoms with van der Waals surface area (Å²) in [5.41, 5.74) is 2.64. The molecule has 1 unspecified atom stereocenters. The van der Waals surface area contributed by atoms with Crippen LogP contribution >= 0.6 is 15.9 Å². The summed E-state index contributed by atoms with van der Waals surface area (Å²) >= 11 is 3.56. The van der Waals surface area contributed by atoms with Gasteiger partial charge < -0.3 is 15.4 Å². The van der Waals surface area contributed by atoms with Crippen LogP contribution in [0.2, 0.25) is 0 Å². The van der Waals surface area contributed by atoms with Crippen LogP contribution in [0.5, 0.6) is 5.75 Å². The Morgan fingerprint density at radius 3 is 2.81 bits per heavy atom. The number of nitrogens with one attached hydrogen (secondary N) is 2. The van der Waals surface area contributed by atoms with Crippen molar-refractivity contribution >= 4 is 38.8 Å². The quantitative estimate of drug-likeness (QED) is 0.369. The molecule has 32 heavy (non-hydrogen) atoms. The maximum atomic E-state index is 13.6. The molecule has 0 spiro atoms. The number of hydrogen-bond donors (Lipinski definition) is 3. The minimum Gasteiger partial charge on any atom is -0.508 e. The lowest BCUT2D eigenvalue weighted by Crippen LogP contribution is -2.53. The van der Waals surface area contributed by atoms with Gasteiger partial charge in [-0.1, -0.05) is 28.1 Å². The van der Waals surface area contributed by atoms with Crippen LogP contribution in [0.25, 0.3) is 10.9 Å². The Labute approximate surface area is 194 Å². The Balaban J connectivity index is 1.70. The average molecular weight is 497 g/mol. The van der Waals surface area contributed by atoms with Gasteiger partial charge in [0.25, 0.3) is 5.91 Å². The third-order valence-electron chi connectivity index (χ3n) is 6.62. The number of benzene rings is 2. The number of H-pyrrole nitrogens is 1. The number of hydrogen-bond acceptors (Lipinski definition) is 4. The predicted octanol–water partition coefficient (Wildman–Crippen LogP) is 3.91. The first-order chi connectivity index (χ1) is 15.3. The van der Waals surface area contributed by atoms with E-state index in [-0.39, 0.29) is 17.7 Å². The second-order valence-corrected chi connectivity index (χ2v) is 9.64. The van der Waals surface area contributed by atoms with Gasteiger partial charge in [-0.15, -0.1) is 0 Å². The van der Waals surface area contributed by atoms with E-state index in [0.29, 0.717) is 19.4 Å². The minimum atomic E-state index is -1.00. The average Bonchev–Trinajstić information content (AvgIpc) is 3.20. The Kier molecular flexibility index (Phi) is 5.02. The number of aromatic nitrogens is 1. The van der Waals surface area contributed by atoms with Crippen molar-refractivity contribution in [2.45, 2.75) is 31.3 Å². The molecule has 0 aliphatic carbocycles. The van der Waals surface area contributed by atoms with Crippen molar-refractivity contribution in [1.29, 1.82) is 0 Å². The number of halogens is 1. The molecule has 3 N–H and O–H groups in total. The highest BCUT2D eigenvalue weighted by molar-refractivity contribution is 9.10. The smallest absolute Gasteiger partial charge is 0.328 e. The number of phenolic OH excluding ortho intramolecular Hbond substituents is 1.